The first-order valence-electron chi connectivity index (χ1n) is 7.32. The Morgan fingerprint density at radius 1 is 0.550 bits per heavy atom. The van der Waals surface area contributed by atoms with Crippen molar-refractivity contribution in [2.75, 3.05) is 0 Å². The highest BCUT2D eigenvalue weighted by Crippen LogP contribution is 2.25. The normalized spacial score (nSPS) is 26.8. The summed E-state index contributed by atoms with van der Waals surface area (Å²) in [6, 6.07) is 7.02. The van der Waals surface area contributed by atoms with Crippen LogP contribution in [0.1, 0.15) is 0 Å². The van der Waals surface area contributed by atoms with Gasteiger partial charge in [0.2, 0.25) is 33.3 Å². The van der Waals surface area contributed by atoms with Gasteiger partial charge in [-0.1, -0.05) is 12.1 Å². The summed E-state index contributed by atoms with van der Waals surface area (Å²) in [5, 5.41) is 5.84. The SMILES string of the molecule is C[Si]1(C)O[Si](C)(C)c2c1c#cc1c2[Si](C)(C)O[Si]1(C)C. The van der Waals surface area contributed by atoms with E-state index in [1.165, 1.54) is 20.7 Å². The molecule has 0 bridgehead atoms. The molecule has 0 aromatic heterocycles. The van der Waals surface area contributed by atoms with Crippen LogP contribution in [0.3, 0.4) is 0 Å². The fourth-order valence-corrected chi connectivity index (χ4v) is 26.6. The highest BCUT2D eigenvalue weighted by molar-refractivity contribution is 7.13. The van der Waals surface area contributed by atoms with Crippen molar-refractivity contribution < 1.29 is 8.23 Å². The van der Waals surface area contributed by atoms with Crippen molar-refractivity contribution >= 4 is 54.0 Å². The maximum absolute atomic E-state index is 6.60. The molecule has 0 N–H and O–H groups in total. The minimum absolute atomic E-state index is 1.38. The standard InChI is InChI=1S/C14H24O2Si4/c1-17(2)11-9-10-12-14(13(11)19(5,6)15-17)20(7,8)16-18(12,3)4/h1-8H3. The van der Waals surface area contributed by atoms with Gasteiger partial charge in [0.05, 0.1) is 0 Å². The van der Waals surface area contributed by atoms with Gasteiger partial charge >= 0.3 is 0 Å². The molecule has 0 spiro atoms. The molecule has 1 aromatic carbocycles. The lowest BCUT2D eigenvalue weighted by Gasteiger charge is -2.26. The fourth-order valence-electron chi connectivity index (χ4n) is 4.09. The predicted octanol–water partition coefficient (Wildman–Crippen LogP) is 0.996. The van der Waals surface area contributed by atoms with Gasteiger partial charge in [-0.15, -0.1) is 0 Å². The topological polar surface area (TPSA) is 18.5 Å². The zero-order valence-corrected chi connectivity index (χ0v) is 17.8. The molecule has 20 heavy (non-hydrogen) atoms. The average Bonchev–Trinajstić information content (AvgIpc) is 2.53. The Morgan fingerprint density at radius 2 is 0.850 bits per heavy atom. The van der Waals surface area contributed by atoms with Gasteiger partial charge in [-0.05, 0) is 62.7 Å². The molecular weight excluding hydrogens is 312 g/mol. The molecule has 0 radical (unpaired) electrons. The van der Waals surface area contributed by atoms with Crippen LogP contribution in [0.4, 0.5) is 0 Å². The lowest BCUT2D eigenvalue weighted by Crippen LogP contribution is -2.63. The van der Waals surface area contributed by atoms with Crippen molar-refractivity contribution in [2.45, 2.75) is 52.4 Å². The van der Waals surface area contributed by atoms with Crippen molar-refractivity contribution in [2.24, 2.45) is 0 Å². The number of fused-ring (bicyclic) bond motifs is 3. The zero-order chi connectivity index (χ0) is 15.1. The molecule has 0 aliphatic carbocycles. The molecule has 0 fully saturated rings. The van der Waals surface area contributed by atoms with Crippen LogP contribution in [0, 0.1) is 12.1 Å². The fraction of sp³-hybridized carbons (Fsp3) is 0.571. The summed E-state index contributed by atoms with van der Waals surface area (Å²) in [5.41, 5.74) is 0. The third-order valence-corrected chi connectivity index (χ3v) is 20.0. The molecule has 2 aliphatic rings. The molecule has 0 saturated heterocycles. The Labute approximate surface area is 127 Å². The van der Waals surface area contributed by atoms with Crippen LogP contribution < -0.4 is 20.7 Å². The van der Waals surface area contributed by atoms with Gasteiger partial charge in [0, 0.05) is 10.4 Å². The summed E-state index contributed by atoms with van der Waals surface area (Å²) < 4.78 is 13.2. The van der Waals surface area contributed by atoms with Crippen LogP contribution in [0.5, 0.6) is 0 Å². The van der Waals surface area contributed by atoms with E-state index >= 15 is 0 Å². The van der Waals surface area contributed by atoms with Gasteiger partial charge in [-0.25, -0.2) is 0 Å². The largest absolute Gasteiger partial charge is 0.448 e. The second-order valence-electron chi connectivity index (χ2n) is 8.00. The maximum Gasteiger partial charge on any atom is 0.214 e. The van der Waals surface area contributed by atoms with E-state index in [2.05, 4.69) is 64.5 Å². The van der Waals surface area contributed by atoms with E-state index < -0.39 is 33.3 Å². The third kappa shape index (κ3) is 1.81. The first kappa shape index (κ1) is 14.8. The number of hydrogen-bond donors (Lipinski definition) is 0. The molecule has 0 atom stereocenters. The molecule has 0 unspecified atom stereocenters. The average molecular weight is 337 g/mol. The first-order chi connectivity index (χ1) is 8.89. The van der Waals surface area contributed by atoms with E-state index in [0.29, 0.717) is 0 Å². The Hall–Kier alpha value is -0.172. The molecule has 2 aliphatic heterocycles. The lowest BCUT2D eigenvalue weighted by molar-refractivity contribution is 0.580. The van der Waals surface area contributed by atoms with Crippen molar-refractivity contribution in [3.63, 3.8) is 0 Å². The number of hydrogen-bond acceptors (Lipinski definition) is 2. The van der Waals surface area contributed by atoms with Gasteiger partial charge in [0.15, 0.2) is 0 Å². The smallest absolute Gasteiger partial charge is 0.214 e. The van der Waals surface area contributed by atoms with Crippen molar-refractivity contribution in [3.8, 4) is 0 Å². The van der Waals surface area contributed by atoms with E-state index in [9.17, 15) is 0 Å². The summed E-state index contributed by atoms with van der Waals surface area (Å²) in [5.74, 6) is 0. The molecule has 0 amide bonds. The Morgan fingerprint density at radius 3 is 1.15 bits per heavy atom. The Balaban J connectivity index is 2.39. The summed E-state index contributed by atoms with van der Waals surface area (Å²) in [7, 11) is -7.22. The van der Waals surface area contributed by atoms with Gasteiger partial charge in [-0.2, -0.15) is 0 Å². The molecule has 6 heteroatoms. The minimum Gasteiger partial charge on any atom is -0.448 e. The summed E-state index contributed by atoms with van der Waals surface area (Å²) in [6.45, 7) is 18.6. The van der Waals surface area contributed by atoms with Crippen LogP contribution in [0.15, 0.2) is 0 Å². The summed E-state index contributed by atoms with van der Waals surface area (Å²) >= 11 is 0. The third-order valence-electron chi connectivity index (χ3n) is 4.49. The van der Waals surface area contributed by atoms with Gasteiger partial charge in [-0.3, -0.25) is 0 Å². The van der Waals surface area contributed by atoms with Gasteiger partial charge in [0.1, 0.15) is 0 Å². The number of rotatable bonds is 0. The highest BCUT2D eigenvalue weighted by atomic mass is 28.4. The van der Waals surface area contributed by atoms with E-state index in [4.69, 9.17) is 8.23 Å². The highest BCUT2D eigenvalue weighted by Gasteiger charge is 2.55. The van der Waals surface area contributed by atoms with Crippen LogP contribution in [-0.2, 0) is 8.23 Å². The second-order valence-corrected chi connectivity index (χ2v) is 23.7. The predicted molar refractivity (Wildman–Crippen MR) is 94.7 cm³/mol. The second kappa shape index (κ2) is 3.77. The van der Waals surface area contributed by atoms with Crippen molar-refractivity contribution in [1.82, 2.24) is 0 Å². The monoisotopic (exact) mass is 336 g/mol. The van der Waals surface area contributed by atoms with E-state index in [1.54, 1.807) is 0 Å². The van der Waals surface area contributed by atoms with Crippen LogP contribution in [0.2, 0.25) is 52.4 Å². The first-order valence-corrected chi connectivity index (χ1v) is 18.9. The maximum atomic E-state index is 6.60. The molecule has 2 nitrogen and oxygen atoms in total. The van der Waals surface area contributed by atoms with E-state index in [-0.39, 0.29) is 0 Å². The Kier molecular flexibility index (Phi) is 2.78. The van der Waals surface area contributed by atoms with Crippen molar-refractivity contribution in [1.29, 1.82) is 0 Å². The van der Waals surface area contributed by atoms with Crippen LogP contribution >= 0.6 is 0 Å². The summed E-state index contributed by atoms with van der Waals surface area (Å²) in [6.07, 6.45) is 0. The minimum atomic E-state index is -1.82. The summed E-state index contributed by atoms with van der Waals surface area (Å²) in [4.78, 5) is 0. The molecule has 3 rings (SSSR count). The van der Waals surface area contributed by atoms with Gasteiger partial charge < -0.3 is 8.23 Å². The van der Waals surface area contributed by atoms with Gasteiger partial charge in [0.25, 0.3) is 0 Å². The molecule has 0 saturated carbocycles. The van der Waals surface area contributed by atoms with Crippen LogP contribution in [-0.4, -0.2) is 33.3 Å². The Bertz CT molecular complexity index is 552. The molecular formula is C14H24O2Si4. The molecule has 2 heterocycles. The lowest BCUT2D eigenvalue weighted by atomic mass is 10.4. The van der Waals surface area contributed by atoms with E-state index in [0.717, 1.165) is 0 Å². The van der Waals surface area contributed by atoms with Crippen molar-refractivity contribution in [3.05, 3.63) is 12.1 Å². The molecule has 108 valence electrons. The van der Waals surface area contributed by atoms with Crippen LogP contribution in [0.25, 0.3) is 0 Å². The van der Waals surface area contributed by atoms with E-state index in [1.807, 2.05) is 0 Å². The molecule has 1 aromatic rings. The quantitative estimate of drug-likeness (QED) is 0.658. The zero-order valence-electron chi connectivity index (χ0n) is 13.8.